The lowest BCUT2D eigenvalue weighted by Crippen LogP contribution is -2.31. The van der Waals surface area contributed by atoms with Gasteiger partial charge in [-0.3, -0.25) is 9.88 Å². The molecule has 0 aliphatic rings. The van der Waals surface area contributed by atoms with Gasteiger partial charge in [-0.15, -0.1) is 0 Å². The Labute approximate surface area is 108 Å². The van der Waals surface area contributed by atoms with Gasteiger partial charge in [0, 0.05) is 26.7 Å². The Morgan fingerprint density at radius 2 is 2.22 bits per heavy atom. The van der Waals surface area contributed by atoms with E-state index in [0.29, 0.717) is 19.7 Å². The van der Waals surface area contributed by atoms with Gasteiger partial charge in [0.25, 0.3) is 0 Å². The van der Waals surface area contributed by atoms with Gasteiger partial charge in [-0.25, -0.2) is 4.98 Å². The smallest absolute Gasteiger partial charge is 0.144 e. The van der Waals surface area contributed by atoms with E-state index in [1.54, 1.807) is 19.5 Å². The number of hydrogen-bond donors (Lipinski definition) is 2. The van der Waals surface area contributed by atoms with Crippen molar-refractivity contribution in [1.29, 1.82) is 0 Å². The number of aliphatic hydroxyl groups is 1. The molecule has 6 nitrogen and oxygen atoms in total. The summed E-state index contributed by atoms with van der Waals surface area (Å²) in [4.78, 5) is 10.5. The topological polar surface area (TPSA) is 70.5 Å². The van der Waals surface area contributed by atoms with Crippen molar-refractivity contribution in [2.45, 2.75) is 19.6 Å². The fourth-order valence-electron chi connectivity index (χ4n) is 1.65. The highest BCUT2D eigenvalue weighted by Gasteiger charge is 2.09. The number of ether oxygens (including phenoxy) is 1. The zero-order valence-electron chi connectivity index (χ0n) is 11.3. The molecule has 0 aliphatic heterocycles. The Kier molecular flexibility index (Phi) is 6.56. The number of rotatable bonds is 8. The van der Waals surface area contributed by atoms with Crippen molar-refractivity contribution in [1.82, 2.24) is 14.9 Å². The molecule has 1 heterocycles. The summed E-state index contributed by atoms with van der Waals surface area (Å²) in [6.45, 7) is 4.39. The number of anilines is 1. The zero-order valence-corrected chi connectivity index (χ0v) is 11.3. The van der Waals surface area contributed by atoms with E-state index in [1.165, 1.54) is 0 Å². The maximum atomic E-state index is 9.60. The normalized spacial score (nSPS) is 12.7. The van der Waals surface area contributed by atoms with Crippen molar-refractivity contribution in [3.8, 4) is 0 Å². The van der Waals surface area contributed by atoms with Crippen LogP contribution in [-0.4, -0.2) is 59.9 Å². The molecule has 0 saturated heterocycles. The van der Waals surface area contributed by atoms with E-state index >= 15 is 0 Å². The van der Waals surface area contributed by atoms with Crippen molar-refractivity contribution in [2.24, 2.45) is 0 Å². The van der Waals surface area contributed by atoms with Crippen LogP contribution >= 0.6 is 0 Å². The third-order valence-corrected chi connectivity index (χ3v) is 2.38. The van der Waals surface area contributed by atoms with E-state index in [1.807, 2.05) is 18.9 Å². The molecule has 0 bridgehead atoms. The molecule has 1 unspecified atom stereocenters. The highest BCUT2D eigenvalue weighted by Crippen LogP contribution is 2.03. The Bertz CT molecular complexity index is 331. The first-order chi connectivity index (χ1) is 8.65. The SMILES string of the molecule is CCNc1cnc(CN(C)CC(O)COC)cn1. The van der Waals surface area contributed by atoms with Gasteiger partial charge in [-0.1, -0.05) is 0 Å². The first-order valence-electron chi connectivity index (χ1n) is 6.06. The average Bonchev–Trinajstić information content (AvgIpc) is 2.32. The van der Waals surface area contributed by atoms with Crippen molar-refractivity contribution in [2.75, 3.05) is 39.2 Å². The molecule has 1 rings (SSSR count). The molecule has 1 atom stereocenters. The number of aromatic nitrogens is 2. The minimum atomic E-state index is -0.478. The molecule has 18 heavy (non-hydrogen) atoms. The van der Waals surface area contributed by atoms with Crippen LogP contribution in [-0.2, 0) is 11.3 Å². The second-order valence-electron chi connectivity index (χ2n) is 4.23. The van der Waals surface area contributed by atoms with Crippen LogP contribution < -0.4 is 5.32 Å². The van der Waals surface area contributed by atoms with Crippen LogP contribution in [0.5, 0.6) is 0 Å². The summed E-state index contributed by atoms with van der Waals surface area (Å²) in [5.74, 6) is 0.781. The van der Waals surface area contributed by atoms with E-state index in [0.717, 1.165) is 18.1 Å². The predicted octanol–water partition coefficient (Wildman–Crippen LogP) is 0.347. The van der Waals surface area contributed by atoms with Crippen LogP contribution in [0.15, 0.2) is 12.4 Å². The van der Waals surface area contributed by atoms with E-state index in [-0.39, 0.29) is 0 Å². The maximum Gasteiger partial charge on any atom is 0.144 e. The lowest BCUT2D eigenvalue weighted by atomic mass is 10.3. The van der Waals surface area contributed by atoms with Crippen LogP contribution in [0.1, 0.15) is 12.6 Å². The monoisotopic (exact) mass is 254 g/mol. The number of likely N-dealkylation sites (N-methyl/N-ethyl adjacent to an activating group) is 1. The van der Waals surface area contributed by atoms with Gasteiger partial charge in [-0.05, 0) is 14.0 Å². The Balaban J connectivity index is 2.41. The summed E-state index contributed by atoms with van der Waals surface area (Å²) in [5.41, 5.74) is 0.878. The summed E-state index contributed by atoms with van der Waals surface area (Å²) in [6.07, 6.45) is 2.99. The molecular weight excluding hydrogens is 232 g/mol. The van der Waals surface area contributed by atoms with Crippen molar-refractivity contribution in [3.63, 3.8) is 0 Å². The van der Waals surface area contributed by atoms with Crippen LogP contribution in [0.4, 0.5) is 5.82 Å². The Morgan fingerprint density at radius 3 is 2.78 bits per heavy atom. The summed E-state index contributed by atoms with van der Waals surface area (Å²) in [6, 6.07) is 0. The minimum Gasteiger partial charge on any atom is -0.389 e. The quantitative estimate of drug-likeness (QED) is 0.697. The minimum absolute atomic E-state index is 0.343. The van der Waals surface area contributed by atoms with Gasteiger partial charge < -0.3 is 15.2 Å². The second-order valence-corrected chi connectivity index (χ2v) is 4.23. The van der Waals surface area contributed by atoms with Crippen molar-refractivity contribution in [3.05, 3.63) is 18.1 Å². The number of aliphatic hydroxyl groups excluding tert-OH is 1. The average molecular weight is 254 g/mol. The van der Waals surface area contributed by atoms with Crippen molar-refractivity contribution < 1.29 is 9.84 Å². The standard InChI is InChI=1S/C12H22N4O2/c1-4-13-12-6-14-10(5-15-12)7-16(2)8-11(17)9-18-3/h5-6,11,17H,4,7-9H2,1-3H3,(H,13,15). The van der Waals surface area contributed by atoms with E-state index in [9.17, 15) is 5.11 Å². The van der Waals surface area contributed by atoms with Gasteiger partial charge in [0.05, 0.1) is 30.8 Å². The lowest BCUT2D eigenvalue weighted by Gasteiger charge is -2.19. The second kappa shape index (κ2) is 7.97. The number of nitrogens with one attached hydrogen (secondary N) is 1. The molecule has 0 radical (unpaired) electrons. The largest absolute Gasteiger partial charge is 0.389 e. The molecule has 2 N–H and O–H groups in total. The van der Waals surface area contributed by atoms with E-state index in [2.05, 4.69) is 15.3 Å². The fourth-order valence-corrected chi connectivity index (χ4v) is 1.65. The summed E-state index contributed by atoms with van der Waals surface area (Å²) >= 11 is 0. The maximum absolute atomic E-state index is 9.60. The first-order valence-corrected chi connectivity index (χ1v) is 6.06. The number of methoxy groups -OCH3 is 1. The molecule has 1 aromatic heterocycles. The van der Waals surface area contributed by atoms with Gasteiger partial charge in [0.15, 0.2) is 0 Å². The molecule has 102 valence electrons. The van der Waals surface area contributed by atoms with Crippen LogP contribution in [0.2, 0.25) is 0 Å². The third kappa shape index (κ3) is 5.39. The summed E-state index contributed by atoms with van der Waals surface area (Å²) < 4.78 is 4.88. The molecule has 6 heteroatoms. The van der Waals surface area contributed by atoms with Gasteiger partial charge in [0.2, 0.25) is 0 Å². The molecule has 0 aliphatic carbocycles. The molecule has 0 aromatic carbocycles. The van der Waals surface area contributed by atoms with Gasteiger partial charge in [0.1, 0.15) is 5.82 Å². The zero-order chi connectivity index (χ0) is 13.4. The number of nitrogens with zero attached hydrogens (tertiary/aromatic N) is 3. The highest BCUT2D eigenvalue weighted by atomic mass is 16.5. The summed E-state index contributed by atoms with van der Waals surface area (Å²) in [5, 5.41) is 12.7. The van der Waals surface area contributed by atoms with E-state index in [4.69, 9.17) is 4.74 Å². The lowest BCUT2D eigenvalue weighted by molar-refractivity contribution is 0.0416. The first kappa shape index (κ1) is 14.8. The highest BCUT2D eigenvalue weighted by molar-refractivity contribution is 5.30. The van der Waals surface area contributed by atoms with Gasteiger partial charge >= 0.3 is 0 Å². The Morgan fingerprint density at radius 1 is 1.44 bits per heavy atom. The molecule has 0 amide bonds. The molecule has 1 aromatic rings. The number of hydrogen-bond acceptors (Lipinski definition) is 6. The van der Waals surface area contributed by atoms with Gasteiger partial charge in [-0.2, -0.15) is 0 Å². The molecule has 0 fully saturated rings. The van der Waals surface area contributed by atoms with Crippen molar-refractivity contribution >= 4 is 5.82 Å². The summed E-state index contributed by atoms with van der Waals surface area (Å²) in [7, 11) is 3.51. The van der Waals surface area contributed by atoms with Crippen LogP contribution in [0, 0.1) is 0 Å². The molecule has 0 spiro atoms. The fraction of sp³-hybridized carbons (Fsp3) is 0.667. The molecular formula is C12H22N4O2. The molecule has 0 saturated carbocycles. The predicted molar refractivity (Wildman–Crippen MR) is 70.4 cm³/mol. The van der Waals surface area contributed by atoms with E-state index < -0.39 is 6.10 Å². The Hall–Kier alpha value is -1.24. The third-order valence-electron chi connectivity index (χ3n) is 2.38. The van der Waals surface area contributed by atoms with Crippen LogP contribution in [0.3, 0.4) is 0 Å². The van der Waals surface area contributed by atoms with Crippen LogP contribution in [0.25, 0.3) is 0 Å².